The molecule has 1 aromatic carbocycles. The van der Waals surface area contributed by atoms with Gasteiger partial charge in [-0.15, -0.1) is 11.3 Å². The Kier molecular flexibility index (Phi) is 3.81. The first-order valence-electron chi connectivity index (χ1n) is 8.25. The maximum absolute atomic E-state index is 11.4. The summed E-state index contributed by atoms with van der Waals surface area (Å²) < 4.78 is 0. The number of anilines is 2. The zero-order chi connectivity index (χ0) is 16.7. The van der Waals surface area contributed by atoms with Crippen LogP contribution in [-0.2, 0) is 12.8 Å². The van der Waals surface area contributed by atoms with Crippen molar-refractivity contribution in [1.29, 1.82) is 0 Å². The standard InChI is InChI=1S/C19H19N3OS/c1-11-3-8-15-16(9-11)24-19-17(15)18(20-10-21-19)22-14-6-4-13(5-7-14)12(2)23/h4-7,10-11H,3,8-9H2,1-2H3,(H,20,21,22). The Morgan fingerprint density at radius 1 is 1.25 bits per heavy atom. The van der Waals surface area contributed by atoms with Gasteiger partial charge >= 0.3 is 0 Å². The highest BCUT2D eigenvalue weighted by atomic mass is 32.1. The maximum atomic E-state index is 11.4. The van der Waals surface area contributed by atoms with Crippen LogP contribution >= 0.6 is 11.3 Å². The first kappa shape index (κ1) is 15.3. The second-order valence-electron chi connectivity index (χ2n) is 6.51. The van der Waals surface area contributed by atoms with Crippen molar-refractivity contribution in [3.05, 3.63) is 46.6 Å². The summed E-state index contributed by atoms with van der Waals surface area (Å²) in [6.07, 6.45) is 5.09. The molecule has 0 radical (unpaired) electrons. The third kappa shape index (κ3) is 2.69. The predicted molar refractivity (Wildman–Crippen MR) is 98.3 cm³/mol. The quantitative estimate of drug-likeness (QED) is 0.700. The van der Waals surface area contributed by atoms with Crippen LogP contribution in [0.2, 0.25) is 0 Å². The fourth-order valence-electron chi connectivity index (χ4n) is 3.29. The molecule has 0 fully saturated rings. The Morgan fingerprint density at radius 3 is 2.79 bits per heavy atom. The molecular weight excluding hydrogens is 318 g/mol. The number of aryl methyl sites for hydroxylation is 1. The van der Waals surface area contributed by atoms with E-state index in [4.69, 9.17) is 0 Å². The van der Waals surface area contributed by atoms with Crippen molar-refractivity contribution in [2.75, 3.05) is 5.32 Å². The molecule has 1 atom stereocenters. The van der Waals surface area contributed by atoms with E-state index in [0.29, 0.717) is 0 Å². The molecule has 0 saturated carbocycles. The van der Waals surface area contributed by atoms with Crippen molar-refractivity contribution in [2.45, 2.75) is 33.1 Å². The van der Waals surface area contributed by atoms with Crippen LogP contribution in [0.1, 0.15) is 41.1 Å². The Bertz CT molecular complexity index is 914. The van der Waals surface area contributed by atoms with Gasteiger partial charge in [0.2, 0.25) is 0 Å². The van der Waals surface area contributed by atoms with Gasteiger partial charge in [-0.2, -0.15) is 0 Å². The van der Waals surface area contributed by atoms with Crippen molar-refractivity contribution >= 4 is 38.8 Å². The molecule has 4 rings (SSSR count). The van der Waals surface area contributed by atoms with E-state index in [0.717, 1.165) is 40.7 Å². The molecule has 122 valence electrons. The Hall–Kier alpha value is -2.27. The normalized spacial score (nSPS) is 16.8. The van der Waals surface area contributed by atoms with Gasteiger partial charge in [-0.3, -0.25) is 4.79 Å². The molecule has 1 aliphatic rings. The molecule has 0 aliphatic heterocycles. The Morgan fingerprint density at radius 2 is 2.04 bits per heavy atom. The van der Waals surface area contributed by atoms with Gasteiger partial charge in [0.1, 0.15) is 17.0 Å². The lowest BCUT2D eigenvalue weighted by molar-refractivity contribution is 0.101. The second-order valence-corrected chi connectivity index (χ2v) is 7.60. The van der Waals surface area contributed by atoms with E-state index in [2.05, 4.69) is 22.2 Å². The third-order valence-corrected chi connectivity index (χ3v) is 5.81. The lowest BCUT2D eigenvalue weighted by Gasteiger charge is -2.18. The van der Waals surface area contributed by atoms with Crippen molar-refractivity contribution in [1.82, 2.24) is 9.97 Å². The number of Topliss-reactive ketones (excluding diaryl/α,β-unsaturated/α-hetero) is 1. The summed E-state index contributed by atoms with van der Waals surface area (Å²) in [5, 5.41) is 4.57. The zero-order valence-corrected chi connectivity index (χ0v) is 14.6. The average Bonchev–Trinajstić information content (AvgIpc) is 2.93. The zero-order valence-electron chi connectivity index (χ0n) is 13.8. The van der Waals surface area contributed by atoms with E-state index in [1.54, 1.807) is 24.6 Å². The molecule has 1 unspecified atom stereocenters. The summed E-state index contributed by atoms with van der Waals surface area (Å²) in [7, 11) is 0. The van der Waals surface area contributed by atoms with Gasteiger partial charge in [-0.05, 0) is 61.9 Å². The van der Waals surface area contributed by atoms with Gasteiger partial charge in [-0.25, -0.2) is 9.97 Å². The number of aromatic nitrogens is 2. The highest BCUT2D eigenvalue weighted by Crippen LogP contribution is 2.40. The molecule has 0 saturated heterocycles. The molecule has 24 heavy (non-hydrogen) atoms. The van der Waals surface area contributed by atoms with Crippen LogP contribution in [0.4, 0.5) is 11.5 Å². The number of nitrogens with one attached hydrogen (secondary N) is 1. The number of rotatable bonds is 3. The molecule has 3 aromatic rings. The van der Waals surface area contributed by atoms with E-state index < -0.39 is 0 Å². The summed E-state index contributed by atoms with van der Waals surface area (Å²) in [6.45, 7) is 3.89. The van der Waals surface area contributed by atoms with E-state index >= 15 is 0 Å². The van der Waals surface area contributed by atoms with Crippen LogP contribution in [0.15, 0.2) is 30.6 Å². The van der Waals surface area contributed by atoms with E-state index in [1.165, 1.54) is 22.2 Å². The lowest BCUT2D eigenvalue weighted by atomic mass is 9.89. The molecule has 0 bridgehead atoms. The number of benzene rings is 1. The number of fused-ring (bicyclic) bond motifs is 3. The lowest BCUT2D eigenvalue weighted by Crippen LogP contribution is -2.09. The first-order chi connectivity index (χ1) is 11.6. The molecule has 2 aromatic heterocycles. The van der Waals surface area contributed by atoms with Crippen LogP contribution in [0, 0.1) is 5.92 Å². The number of thiophene rings is 1. The van der Waals surface area contributed by atoms with Gasteiger partial charge in [-0.1, -0.05) is 6.92 Å². The van der Waals surface area contributed by atoms with Crippen LogP contribution < -0.4 is 5.32 Å². The van der Waals surface area contributed by atoms with Gasteiger partial charge in [0, 0.05) is 16.1 Å². The number of nitrogens with zero attached hydrogens (tertiary/aromatic N) is 2. The summed E-state index contributed by atoms with van der Waals surface area (Å²) >= 11 is 1.80. The monoisotopic (exact) mass is 337 g/mol. The van der Waals surface area contributed by atoms with Crippen LogP contribution in [0.25, 0.3) is 10.2 Å². The number of carbonyl (C=O) groups excluding carboxylic acids is 1. The fraction of sp³-hybridized carbons (Fsp3) is 0.316. The second kappa shape index (κ2) is 5.98. The molecule has 5 heteroatoms. The van der Waals surface area contributed by atoms with Crippen LogP contribution in [0.3, 0.4) is 0 Å². The topological polar surface area (TPSA) is 54.9 Å². The highest BCUT2D eigenvalue weighted by Gasteiger charge is 2.23. The number of carbonyl (C=O) groups is 1. The van der Waals surface area contributed by atoms with Crippen molar-refractivity contribution in [2.24, 2.45) is 5.92 Å². The van der Waals surface area contributed by atoms with Gasteiger partial charge in [0.05, 0.1) is 5.39 Å². The van der Waals surface area contributed by atoms with E-state index in [1.807, 2.05) is 24.3 Å². The van der Waals surface area contributed by atoms with E-state index in [-0.39, 0.29) is 5.78 Å². The number of ketones is 1. The highest BCUT2D eigenvalue weighted by molar-refractivity contribution is 7.19. The van der Waals surface area contributed by atoms with Gasteiger partial charge in [0.15, 0.2) is 5.78 Å². The maximum Gasteiger partial charge on any atom is 0.159 e. The molecule has 0 spiro atoms. The molecule has 2 heterocycles. The minimum Gasteiger partial charge on any atom is -0.340 e. The summed E-state index contributed by atoms with van der Waals surface area (Å²) in [6, 6.07) is 7.53. The summed E-state index contributed by atoms with van der Waals surface area (Å²) in [5.74, 6) is 1.68. The van der Waals surface area contributed by atoms with Crippen molar-refractivity contribution in [3.8, 4) is 0 Å². The Labute approximate surface area is 145 Å². The molecule has 1 aliphatic carbocycles. The smallest absolute Gasteiger partial charge is 0.159 e. The predicted octanol–water partition coefficient (Wildman–Crippen LogP) is 4.76. The molecular formula is C19H19N3OS. The Balaban J connectivity index is 1.73. The van der Waals surface area contributed by atoms with Gasteiger partial charge in [0.25, 0.3) is 0 Å². The van der Waals surface area contributed by atoms with Crippen LogP contribution in [-0.4, -0.2) is 15.8 Å². The number of hydrogen-bond donors (Lipinski definition) is 1. The summed E-state index contributed by atoms with van der Waals surface area (Å²) in [5.41, 5.74) is 3.07. The van der Waals surface area contributed by atoms with Crippen molar-refractivity contribution in [3.63, 3.8) is 0 Å². The number of hydrogen-bond acceptors (Lipinski definition) is 5. The SMILES string of the molecule is CC(=O)c1ccc(Nc2ncnc3sc4c(c23)CCC(C)C4)cc1. The summed E-state index contributed by atoms with van der Waals surface area (Å²) in [4.78, 5) is 22.9. The fourth-order valence-corrected chi connectivity index (χ4v) is 4.65. The first-order valence-corrected chi connectivity index (χ1v) is 9.06. The van der Waals surface area contributed by atoms with Crippen molar-refractivity contribution < 1.29 is 4.79 Å². The molecule has 4 nitrogen and oxygen atoms in total. The molecule has 1 N–H and O–H groups in total. The minimum atomic E-state index is 0.0759. The minimum absolute atomic E-state index is 0.0759. The van der Waals surface area contributed by atoms with Gasteiger partial charge < -0.3 is 5.32 Å². The van der Waals surface area contributed by atoms with E-state index in [9.17, 15) is 4.79 Å². The third-order valence-electron chi connectivity index (χ3n) is 4.65. The average molecular weight is 337 g/mol. The molecule has 0 amide bonds. The van der Waals surface area contributed by atoms with Crippen LogP contribution in [0.5, 0.6) is 0 Å². The largest absolute Gasteiger partial charge is 0.340 e.